The van der Waals surface area contributed by atoms with Gasteiger partial charge in [0.2, 0.25) is 5.95 Å². The largest absolute Gasteiger partial charge is 0.396 e. The molecule has 1 aliphatic heterocycles. The zero-order valence-electron chi connectivity index (χ0n) is 14.9. The highest BCUT2D eigenvalue weighted by atomic mass is 79.9. The Hall–Kier alpha value is -2.10. The summed E-state index contributed by atoms with van der Waals surface area (Å²) >= 11 is 3.41. The Morgan fingerprint density at radius 2 is 2.19 bits per heavy atom. The molecule has 1 unspecified atom stereocenters. The van der Waals surface area contributed by atoms with Crippen molar-refractivity contribution in [2.45, 2.75) is 32.2 Å². The van der Waals surface area contributed by atoms with E-state index in [1.54, 1.807) is 6.07 Å². The molecule has 2 heterocycles. The number of halogens is 2. The number of nitrogen functional groups attached to an aromatic ring is 1. The number of hydrogen-bond acceptors (Lipinski definition) is 7. The average Bonchev–Trinajstić information content (AvgIpc) is 2.60. The van der Waals surface area contributed by atoms with E-state index in [-0.39, 0.29) is 24.4 Å². The van der Waals surface area contributed by atoms with Crippen LogP contribution in [0.3, 0.4) is 0 Å². The van der Waals surface area contributed by atoms with Crippen LogP contribution in [-0.2, 0) is 11.3 Å². The number of aliphatic hydroxyl groups excluding tert-OH is 1. The van der Waals surface area contributed by atoms with Gasteiger partial charge >= 0.3 is 0 Å². The third kappa shape index (κ3) is 4.60. The summed E-state index contributed by atoms with van der Waals surface area (Å²) in [5, 5.41) is 8.85. The third-order valence-corrected chi connectivity index (χ3v) is 4.92. The topological polar surface area (TPSA) is 106 Å². The number of aromatic nitrogens is 2. The second kappa shape index (κ2) is 8.73. The smallest absolute Gasteiger partial charge is 0.220 e. The van der Waals surface area contributed by atoms with E-state index < -0.39 is 0 Å². The fourth-order valence-corrected chi connectivity index (χ4v) is 3.61. The van der Waals surface area contributed by atoms with Crippen molar-refractivity contribution < 1.29 is 14.3 Å². The summed E-state index contributed by atoms with van der Waals surface area (Å²) in [5.74, 6) is 0.394. The van der Waals surface area contributed by atoms with Crippen molar-refractivity contribution >= 4 is 27.7 Å². The Labute approximate surface area is 165 Å². The first kappa shape index (κ1) is 19.7. The number of aryl methyl sites for hydroxylation is 1. The molecule has 27 heavy (non-hydrogen) atoms. The quantitative estimate of drug-likeness (QED) is 0.473. The van der Waals surface area contributed by atoms with E-state index in [2.05, 4.69) is 31.4 Å². The Bertz CT molecular complexity index is 862. The van der Waals surface area contributed by atoms with Crippen LogP contribution in [0.2, 0.25) is 0 Å². The van der Waals surface area contributed by atoms with Crippen molar-refractivity contribution in [2.75, 3.05) is 18.9 Å². The Kier molecular flexibility index (Phi) is 6.35. The Morgan fingerprint density at radius 1 is 1.37 bits per heavy atom. The molecule has 7 nitrogen and oxygen atoms in total. The van der Waals surface area contributed by atoms with Crippen LogP contribution in [-0.4, -0.2) is 34.1 Å². The summed E-state index contributed by atoms with van der Waals surface area (Å²) in [6.45, 7) is 2.39. The molecule has 3 rings (SSSR count). The van der Waals surface area contributed by atoms with Crippen molar-refractivity contribution in [3.63, 3.8) is 0 Å². The molecule has 144 valence electrons. The van der Waals surface area contributed by atoms with Gasteiger partial charge in [0.1, 0.15) is 5.82 Å². The number of fused-ring (bicyclic) bond motifs is 1. The average molecular weight is 438 g/mol. The van der Waals surface area contributed by atoms with Crippen molar-refractivity contribution in [1.29, 1.82) is 0 Å². The lowest BCUT2D eigenvalue weighted by atomic mass is 9.95. The standard InChI is InChI=1S/C18H21BrFN5O2/c1-10-16-15(24-18(21)22-10)9-14(12-5-4-11(20)8-13(12)19)23-17(16)25-27-7-3-2-6-26/h4-5,8,14,26H,2-3,6-7,9H2,1H3,(H,23,25)(H2,21,22,24). The van der Waals surface area contributed by atoms with Crippen LogP contribution >= 0.6 is 15.9 Å². The first-order valence-electron chi connectivity index (χ1n) is 8.64. The lowest BCUT2D eigenvalue weighted by Crippen LogP contribution is -2.32. The van der Waals surface area contributed by atoms with E-state index in [4.69, 9.17) is 20.7 Å². The van der Waals surface area contributed by atoms with Gasteiger partial charge in [-0.25, -0.2) is 19.8 Å². The van der Waals surface area contributed by atoms with Crippen LogP contribution in [0.4, 0.5) is 10.3 Å². The summed E-state index contributed by atoms with van der Waals surface area (Å²) in [6.07, 6.45) is 1.89. The molecule has 4 N–H and O–H groups in total. The summed E-state index contributed by atoms with van der Waals surface area (Å²) in [6, 6.07) is 4.25. The van der Waals surface area contributed by atoms with Gasteiger partial charge in [0.15, 0.2) is 5.84 Å². The molecular formula is C18H21BrFN5O2. The zero-order chi connectivity index (χ0) is 19.4. The van der Waals surface area contributed by atoms with Crippen molar-refractivity contribution in [3.05, 3.63) is 51.0 Å². The molecule has 1 aromatic carbocycles. The molecule has 0 bridgehead atoms. The van der Waals surface area contributed by atoms with Gasteiger partial charge in [0.25, 0.3) is 0 Å². The SMILES string of the molecule is Cc1nc(N)nc2c1C(NOCCCCO)=NC(c1ccc(F)cc1Br)C2. The van der Waals surface area contributed by atoms with E-state index in [0.717, 1.165) is 16.8 Å². The number of anilines is 1. The van der Waals surface area contributed by atoms with Gasteiger partial charge in [-0.15, -0.1) is 0 Å². The second-order valence-electron chi connectivity index (χ2n) is 6.23. The maximum Gasteiger partial charge on any atom is 0.220 e. The van der Waals surface area contributed by atoms with Crippen LogP contribution in [0.5, 0.6) is 0 Å². The zero-order valence-corrected chi connectivity index (χ0v) is 16.5. The lowest BCUT2D eigenvalue weighted by Gasteiger charge is -2.25. The van der Waals surface area contributed by atoms with Gasteiger partial charge in [-0.1, -0.05) is 22.0 Å². The predicted molar refractivity (Wildman–Crippen MR) is 104 cm³/mol. The van der Waals surface area contributed by atoms with E-state index in [1.807, 2.05) is 6.92 Å². The number of hydroxylamine groups is 1. The van der Waals surface area contributed by atoms with Crippen molar-refractivity contribution in [1.82, 2.24) is 15.4 Å². The van der Waals surface area contributed by atoms with Gasteiger partial charge < -0.3 is 10.8 Å². The van der Waals surface area contributed by atoms with Gasteiger partial charge in [0.05, 0.1) is 29.6 Å². The summed E-state index contributed by atoms with van der Waals surface area (Å²) in [7, 11) is 0. The molecule has 1 aromatic heterocycles. The maximum atomic E-state index is 13.5. The second-order valence-corrected chi connectivity index (χ2v) is 7.09. The first-order valence-corrected chi connectivity index (χ1v) is 9.43. The van der Waals surface area contributed by atoms with E-state index >= 15 is 0 Å². The fraction of sp³-hybridized carbons (Fsp3) is 0.389. The fourth-order valence-electron chi connectivity index (χ4n) is 2.99. The molecule has 0 saturated heterocycles. The third-order valence-electron chi connectivity index (χ3n) is 4.24. The summed E-state index contributed by atoms with van der Waals surface area (Å²) in [4.78, 5) is 18.8. The van der Waals surface area contributed by atoms with Gasteiger partial charge in [-0.3, -0.25) is 9.83 Å². The van der Waals surface area contributed by atoms with E-state index in [9.17, 15) is 4.39 Å². The monoisotopic (exact) mass is 437 g/mol. The van der Waals surface area contributed by atoms with Gasteiger partial charge in [-0.05, 0) is 37.5 Å². The highest BCUT2D eigenvalue weighted by molar-refractivity contribution is 9.10. The van der Waals surface area contributed by atoms with Crippen LogP contribution in [0.25, 0.3) is 0 Å². The first-order chi connectivity index (χ1) is 13.0. The molecule has 0 radical (unpaired) electrons. The van der Waals surface area contributed by atoms with Crippen molar-refractivity contribution in [3.8, 4) is 0 Å². The van der Waals surface area contributed by atoms with Crippen LogP contribution in [0.15, 0.2) is 27.7 Å². The van der Waals surface area contributed by atoms with Gasteiger partial charge in [0, 0.05) is 17.5 Å². The number of unbranched alkanes of at least 4 members (excludes halogenated alkanes) is 1. The molecule has 0 amide bonds. The molecular weight excluding hydrogens is 417 g/mol. The molecule has 9 heteroatoms. The maximum absolute atomic E-state index is 13.5. The number of benzene rings is 1. The predicted octanol–water partition coefficient (Wildman–Crippen LogP) is 2.61. The molecule has 1 aliphatic rings. The highest BCUT2D eigenvalue weighted by Crippen LogP contribution is 2.34. The number of nitrogens with two attached hydrogens (primary N) is 1. The summed E-state index contributed by atoms with van der Waals surface area (Å²) in [5.41, 5.74) is 11.8. The van der Waals surface area contributed by atoms with E-state index in [1.165, 1.54) is 12.1 Å². The molecule has 2 aromatic rings. The number of nitrogens with zero attached hydrogens (tertiary/aromatic N) is 3. The van der Waals surface area contributed by atoms with Gasteiger partial charge in [-0.2, -0.15) is 0 Å². The molecule has 1 atom stereocenters. The summed E-state index contributed by atoms with van der Waals surface area (Å²) < 4.78 is 14.1. The molecule has 0 saturated carbocycles. The number of amidine groups is 1. The Morgan fingerprint density at radius 3 is 2.93 bits per heavy atom. The van der Waals surface area contributed by atoms with Crippen LogP contribution in [0, 0.1) is 12.7 Å². The Balaban J connectivity index is 1.91. The van der Waals surface area contributed by atoms with E-state index in [0.29, 0.717) is 41.9 Å². The highest BCUT2D eigenvalue weighted by Gasteiger charge is 2.27. The van der Waals surface area contributed by atoms with Crippen LogP contribution < -0.4 is 11.2 Å². The number of rotatable bonds is 6. The number of aliphatic imine (C=N–C) groups is 1. The minimum absolute atomic E-state index is 0.125. The number of aliphatic hydroxyl groups is 1. The lowest BCUT2D eigenvalue weighted by molar-refractivity contribution is 0.0785. The number of hydrogen-bond donors (Lipinski definition) is 3. The minimum Gasteiger partial charge on any atom is -0.396 e. The van der Waals surface area contributed by atoms with Crippen LogP contribution in [0.1, 0.15) is 41.4 Å². The molecule has 0 spiro atoms. The number of nitrogens with one attached hydrogen (secondary N) is 1. The van der Waals surface area contributed by atoms with Crippen molar-refractivity contribution in [2.24, 2.45) is 4.99 Å². The molecule has 0 fully saturated rings. The normalized spacial score (nSPS) is 16.0. The molecule has 0 aliphatic carbocycles. The minimum atomic E-state index is -0.321.